The van der Waals surface area contributed by atoms with E-state index in [0.29, 0.717) is 37.2 Å². The Kier molecular flexibility index (Phi) is 6.08. The summed E-state index contributed by atoms with van der Waals surface area (Å²) in [7, 11) is 0. The average molecular weight is 401 g/mol. The maximum atomic E-state index is 13.1. The van der Waals surface area contributed by atoms with Gasteiger partial charge in [-0.25, -0.2) is 0 Å². The predicted octanol–water partition coefficient (Wildman–Crippen LogP) is 3.62. The molecule has 0 aliphatic carbocycles. The van der Waals surface area contributed by atoms with Gasteiger partial charge in [0.25, 0.3) is 11.6 Å². The van der Waals surface area contributed by atoms with Crippen LogP contribution in [0.2, 0.25) is 0 Å². The minimum Gasteiger partial charge on any atom is -0.336 e. The molecule has 148 valence electrons. The van der Waals surface area contributed by atoms with Crippen molar-refractivity contribution in [2.45, 2.75) is 39.3 Å². The van der Waals surface area contributed by atoms with Gasteiger partial charge in [-0.05, 0) is 50.3 Å². The maximum absolute atomic E-state index is 13.1. The Morgan fingerprint density at radius 3 is 2.75 bits per heavy atom. The number of amides is 2. The molecule has 0 spiro atoms. The standard InChI is InChI=1S/C20H23N3O4S/c1-3-21(13-16-6-5-11-28-16)20(25)18-7-4-10-22(18)19(24)15-8-9-17(23(26)27)14(2)12-15/h5-6,8-9,11-12,18H,3-4,7,10,13H2,1-2H3. The number of likely N-dealkylation sites (N-methyl/N-ethyl adjacent to an activating group) is 1. The van der Waals surface area contributed by atoms with E-state index in [0.717, 1.165) is 11.3 Å². The van der Waals surface area contributed by atoms with E-state index in [9.17, 15) is 19.7 Å². The minimum absolute atomic E-state index is 0.0151. The van der Waals surface area contributed by atoms with Crippen molar-refractivity contribution in [2.24, 2.45) is 0 Å². The van der Waals surface area contributed by atoms with Crippen LogP contribution in [-0.4, -0.2) is 45.7 Å². The molecule has 1 aromatic carbocycles. The number of carbonyl (C=O) groups is 2. The van der Waals surface area contributed by atoms with Crippen LogP contribution >= 0.6 is 11.3 Å². The lowest BCUT2D eigenvalue weighted by molar-refractivity contribution is -0.385. The van der Waals surface area contributed by atoms with Gasteiger partial charge in [-0.15, -0.1) is 11.3 Å². The molecule has 28 heavy (non-hydrogen) atoms. The van der Waals surface area contributed by atoms with Gasteiger partial charge in [0.1, 0.15) is 6.04 Å². The predicted molar refractivity (Wildman–Crippen MR) is 107 cm³/mol. The Labute approximate surface area is 167 Å². The Bertz CT molecular complexity index is 882. The van der Waals surface area contributed by atoms with Gasteiger partial charge in [0.2, 0.25) is 5.91 Å². The quantitative estimate of drug-likeness (QED) is 0.547. The number of carbonyl (C=O) groups excluding carboxylic acids is 2. The molecule has 1 aliphatic rings. The third-order valence-electron chi connectivity index (χ3n) is 5.06. The van der Waals surface area contributed by atoms with Crippen LogP contribution in [0.3, 0.4) is 0 Å². The van der Waals surface area contributed by atoms with Crippen LogP contribution in [0, 0.1) is 17.0 Å². The minimum atomic E-state index is -0.483. The van der Waals surface area contributed by atoms with Crippen molar-refractivity contribution >= 4 is 28.8 Å². The molecule has 1 aliphatic heterocycles. The lowest BCUT2D eigenvalue weighted by atomic mass is 10.1. The molecule has 0 saturated carbocycles. The van der Waals surface area contributed by atoms with Crippen molar-refractivity contribution in [3.8, 4) is 0 Å². The lowest BCUT2D eigenvalue weighted by Crippen LogP contribution is -2.47. The van der Waals surface area contributed by atoms with Gasteiger partial charge in [0.15, 0.2) is 0 Å². The molecule has 1 atom stereocenters. The van der Waals surface area contributed by atoms with Crippen LogP contribution in [0.1, 0.15) is 40.6 Å². The lowest BCUT2D eigenvalue weighted by Gasteiger charge is -2.29. The van der Waals surface area contributed by atoms with Crippen LogP contribution in [-0.2, 0) is 11.3 Å². The number of nitro groups is 1. The molecule has 8 heteroatoms. The molecule has 2 heterocycles. The number of rotatable bonds is 6. The van der Waals surface area contributed by atoms with Crippen molar-refractivity contribution in [3.63, 3.8) is 0 Å². The second-order valence-electron chi connectivity index (χ2n) is 6.85. The summed E-state index contributed by atoms with van der Waals surface area (Å²) >= 11 is 1.61. The molecule has 2 aromatic rings. The van der Waals surface area contributed by atoms with Crippen molar-refractivity contribution in [1.82, 2.24) is 9.80 Å². The van der Waals surface area contributed by atoms with Crippen LogP contribution in [0.25, 0.3) is 0 Å². The first kappa shape index (κ1) is 20.0. The van der Waals surface area contributed by atoms with E-state index >= 15 is 0 Å². The number of hydrogen-bond acceptors (Lipinski definition) is 5. The van der Waals surface area contributed by atoms with Gasteiger partial charge >= 0.3 is 0 Å². The van der Waals surface area contributed by atoms with Gasteiger partial charge in [0, 0.05) is 35.2 Å². The highest BCUT2D eigenvalue weighted by atomic mass is 32.1. The smallest absolute Gasteiger partial charge is 0.272 e. The molecule has 0 N–H and O–H groups in total. The van der Waals surface area contributed by atoms with Crippen molar-refractivity contribution < 1.29 is 14.5 Å². The number of nitro benzene ring substituents is 1. The molecule has 3 rings (SSSR count). The first-order valence-corrected chi connectivity index (χ1v) is 10.2. The SMILES string of the molecule is CCN(Cc1cccs1)C(=O)C1CCCN1C(=O)c1ccc([N+](=O)[O-])c(C)c1. The van der Waals surface area contributed by atoms with Crippen LogP contribution in [0.5, 0.6) is 0 Å². The molecular formula is C20H23N3O4S. The van der Waals surface area contributed by atoms with E-state index < -0.39 is 11.0 Å². The maximum Gasteiger partial charge on any atom is 0.272 e. The summed E-state index contributed by atoms with van der Waals surface area (Å²) in [5.74, 6) is -0.290. The second kappa shape index (κ2) is 8.52. The topological polar surface area (TPSA) is 83.8 Å². The van der Waals surface area contributed by atoms with Crippen LogP contribution < -0.4 is 0 Å². The van der Waals surface area contributed by atoms with Gasteiger partial charge in [-0.2, -0.15) is 0 Å². The third-order valence-corrected chi connectivity index (χ3v) is 5.92. The molecule has 1 aromatic heterocycles. The van der Waals surface area contributed by atoms with Gasteiger partial charge in [0.05, 0.1) is 11.5 Å². The number of hydrogen-bond donors (Lipinski definition) is 0. The summed E-state index contributed by atoms with van der Waals surface area (Å²) in [6.07, 6.45) is 1.40. The molecule has 1 unspecified atom stereocenters. The van der Waals surface area contributed by atoms with Gasteiger partial charge < -0.3 is 9.80 Å². The summed E-state index contributed by atoms with van der Waals surface area (Å²) in [5, 5.41) is 13.0. The van der Waals surface area contributed by atoms with E-state index in [1.54, 1.807) is 28.1 Å². The fourth-order valence-corrected chi connectivity index (χ4v) is 4.29. The van der Waals surface area contributed by atoms with E-state index in [1.165, 1.54) is 18.2 Å². The normalized spacial score (nSPS) is 16.2. The molecule has 2 amide bonds. The summed E-state index contributed by atoms with van der Waals surface area (Å²) in [6, 6.07) is 7.83. The zero-order valence-corrected chi connectivity index (χ0v) is 16.8. The molecule has 0 bridgehead atoms. The largest absolute Gasteiger partial charge is 0.336 e. The molecule has 1 fully saturated rings. The fraction of sp³-hybridized carbons (Fsp3) is 0.400. The van der Waals surface area contributed by atoms with Crippen molar-refractivity contribution in [2.75, 3.05) is 13.1 Å². The van der Waals surface area contributed by atoms with Gasteiger partial charge in [-0.1, -0.05) is 6.07 Å². The summed E-state index contributed by atoms with van der Waals surface area (Å²) in [4.78, 5) is 41.2. The number of thiophene rings is 1. The van der Waals surface area contributed by atoms with Crippen molar-refractivity contribution in [1.29, 1.82) is 0 Å². The van der Waals surface area contributed by atoms with Gasteiger partial charge in [-0.3, -0.25) is 19.7 Å². The first-order valence-electron chi connectivity index (χ1n) is 9.29. The van der Waals surface area contributed by atoms with E-state index in [2.05, 4.69) is 0 Å². The molecular weight excluding hydrogens is 378 g/mol. The van der Waals surface area contributed by atoms with Crippen molar-refractivity contribution in [3.05, 3.63) is 61.8 Å². The van der Waals surface area contributed by atoms with Crippen LogP contribution in [0.15, 0.2) is 35.7 Å². The highest BCUT2D eigenvalue weighted by molar-refractivity contribution is 7.09. The Hall–Kier alpha value is -2.74. The highest BCUT2D eigenvalue weighted by Crippen LogP contribution is 2.25. The Morgan fingerprint density at radius 2 is 2.14 bits per heavy atom. The Balaban J connectivity index is 1.77. The summed E-state index contributed by atoms with van der Waals surface area (Å²) in [6.45, 7) is 5.18. The summed E-state index contributed by atoms with van der Waals surface area (Å²) in [5.41, 5.74) is 0.800. The van der Waals surface area contributed by atoms with Crippen LogP contribution in [0.4, 0.5) is 5.69 Å². The number of aryl methyl sites for hydroxylation is 1. The Morgan fingerprint density at radius 1 is 1.36 bits per heavy atom. The monoisotopic (exact) mass is 401 g/mol. The van der Waals surface area contributed by atoms with E-state index in [4.69, 9.17) is 0 Å². The molecule has 1 saturated heterocycles. The average Bonchev–Trinajstić information content (AvgIpc) is 3.36. The second-order valence-corrected chi connectivity index (χ2v) is 7.88. The zero-order valence-electron chi connectivity index (χ0n) is 16.0. The number of nitrogens with zero attached hydrogens (tertiary/aromatic N) is 3. The highest BCUT2D eigenvalue weighted by Gasteiger charge is 2.36. The number of likely N-dealkylation sites (tertiary alicyclic amines) is 1. The first-order chi connectivity index (χ1) is 13.4. The van der Waals surface area contributed by atoms with E-state index in [-0.39, 0.29) is 17.5 Å². The number of benzene rings is 1. The third kappa shape index (κ3) is 4.06. The summed E-state index contributed by atoms with van der Waals surface area (Å²) < 4.78 is 0. The fourth-order valence-electron chi connectivity index (χ4n) is 3.57. The molecule has 7 nitrogen and oxygen atoms in total. The van der Waals surface area contributed by atoms with E-state index in [1.807, 2.05) is 24.4 Å². The molecule has 0 radical (unpaired) electrons. The zero-order chi connectivity index (χ0) is 20.3.